The van der Waals surface area contributed by atoms with Crippen LogP contribution in [0.25, 0.3) is 10.9 Å². The van der Waals surface area contributed by atoms with Crippen LogP contribution in [-0.2, 0) is 13.5 Å². The molecule has 0 aliphatic carbocycles. The van der Waals surface area contributed by atoms with Gasteiger partial charge in [-0.3, -0.25) is 14.2 Å². The highest BCUT2D eigenvalue weighted by atomic mass is 32.1. The van der Waals surface area contributed by atoms with Gasteiger partial charge in [0.15, 0.2) is 10.6 Å². The number of carbonyl (C=O) groups excluding carboxylic acids is 1. The molecule has 0 aliphatic heterocycles. The largest absolute Gasteiger partial charge is 0.332 e. The van der Waals surface area contributed by atoms with Gasteiger partial charge in [0, 0.05) is 18.2 Å². The van der Waals surface area contributed by atoms with Crippen molar-refractivity contribution in [2.75, 3.05) is 0 Å². The average Bonchev–Trinajstić information content (AvgIpc) is 2.73. The van der Waals surface area contributed by atoms with Crippen molar-refractivity contribution in [3.05, 3.63) is 110 Å². The molecule has 144 valence electrons. The second-order valence-electron chi connectivity index (χ2n) is 6.84. The molecule has 0 atom stereocenters. The number of benzene rings is 3. The molecule has 1 aromatic heterocycles. The van der Waals surface area contributed by atoms with Crippen LogP contribution in [0.15, 0.2) is 71.5 Å². The van der Waals surface area contributed by atoms with Crippen molar-refractivity contribution in [2.45, 2.75) is 6.42 Å². The van der Waals surface area contributed by atoms with Gasteiger partial charge < -0.3 is 4.98 Å². The highest BCUT2D eigenvalue weighted by molar-refractivity contribution is 7.71. The number of ketones is 1. The molecule has 4 nitrogen and oxygen atoms in total. The summed E-state index contributed by atoms with van der Waals surface area (Å²) in [5.41, 5.74) is 3.39. The smallest absolute Gasteiger partial charge is 0.262 e. The topological polar surface area (TPSA) is 54.9 Å². The SMILES string of the molecule is Cn1c(=S)[nH]c2cccc(Cc3ccc(C(=O)c4ccc(F)cc4)cc3)c2c1=O. The third-order valence-corrected chi connectivity index (χ3v) is 5.31. The number of nitrogens with zero attached hydrogens (tertiary/aromatic N) is 1. The lowest BCUT2D eigenvalue weighted by molar-refractivity contribution is 0.103. The maximum atomic E-state index is 13.1. The number of hydrogen-bond acceptors (Lipinski definition) is 3. The van der Waals surface area contributed by atoms with E-state index in [2.05, 4.69) is 4.98 Å². The van der Waals surface area contributed by atoms with E-state index in [9.17, 15) is 14.0 Å². The van der Waals surface area contributed by atoms with Gasteiger partial charge in [0.2, 0.25) is 0 Å². The maximum absolute atomic E-state index is 13.1. The summed E-state index contributed by atoms with van der Waals surface area (Å²) >= 11 is 5.18. The Labute approximate surface area is 171 Å². The van der Waals surface area contributed by atoms with E-state index in [1.165, 1.54) is 28.8 Å². The van der Waals surface area contributed by atoms with Gasteiger partial charge in [0.1, 0.15) is 5.82 Å². The Hall–Kier alpha value is -3.38. The number of aromatic nitrogens is 2. The van der Waals surface area contributed by atoms with E-state index < -0.39 is 0 Å². The zero-order valence-corrected chi connectivity index (χ0v) is 16.4. The van der Waals surface area contributed by atoms with Gasteiger partial charge in [-0.1, -0.05) is 36.4 Å². The summed E-state index contributed by atoms with van der Waals surface area (Å²) in [4.78, 5) is 28.3. The molecule has 6 heteroatoms. The fourth-order valence-electron chi connectivity index (χ4n) is 3.32. The van der Waals surface area contributed by atoms with Crippen molar-refractivity contribution in [1.29, 1.82) is 0 Å². The van der Waals surface area contributed by atoms with Crippen LogP contribution in [0.2, 0.25) is 0 Å². The predicted octanol–water partition coefficient (Wildman–Crippen LogP) is 4.56. The normalized spacial score (nSPS) is 11.0. The van der Waals surface area contributed by atoms with Crippen LogP contribution in [-0.4, -0.2) is 15.3 Å². The highest BCUT2D eigenvalue weighted by Crippen LogP contribution is 2.19. The van der Waals surface area contributed by atoms with Gasteiger partial charge in [-0.25, -0.2) is 4.39 Å². The molecule has 0 aliphatic rings. The Bertz CT molecular complexity index is 1340. The third kappa shape index (κ3) is 3.67. The first-order valence-electron chi connectivity index (χ1n) is 9.04. The van der Waals surface area contributed by atoms with Crippen LogP contribution in [0.3, 0.4) is 0 Å². The molecule has 3 aromatic carbocycles. The Morgan fingerprint density at radius 3 is 2.28 bits per heavy atom. The Balaban J connectivity index is 1.65. The van der Waals surface area contributed by atoms with Crippen LogP contribution in [0.5, 0.6) is 0 Å². The number of halogens is 1. The molecule has 1 N–H and O–H groups in total. The zero-order valence-electron chi connectivity index (χ0n) is 15.6. The van der Waals surface area contributed by atoms with Crippen LogP contribution >= 0.6 is 12.2 Å². The van der Waals surface area contributed by atoms with Crippen molar-refractivity contribution in [3.63, 3.8) is 0 Å². The van der Waals surface area contributed by atoms with Crippen molar-refractivity contribution in [3.8, 4) is 0 Å². The van der Waals surface area contributed by atoms with Gasteiger partial charge in [-0.15, -0.1) is 0 Å². The fourth-order valence-corrected chi connectivity index (χ4v) is 3.52. The molecule has 0 fully saturated rings. The van der Waals surface area contributed by atoms with Crippen LogP contribution in [0.1, 0.15) is 27.0 Å². The Morgan fingerprint density at radius 1 is 1.00 bits per heavy atom. The molecule has 0 saturated heterocycles. The second-order valence-corrected chi connectivity index (χ2v) is 7.23. The van der Waals surface area contributed by atoms with Crippen LogP contribution in [0.4, 0.5) is 4.39 Å². The van der Waals surface area contributed by atoms with Crippen molar-refractivity contribution in [1.82, 2.24) is 9.55 Å². The molecule has 0 spiro atoms. The number of fused-ring (bicyclic) bond motifs is 1. The molecular weight excluding hydrogens is 387 g/mol. The fraction of sp³-hybridized carbons (Fsp3) is 0.0870. The molecule has 0 saturated carbocycles. The van der Waals surface area contributed by atoms with E-state index in [0.717, 1.165) is 11.1 Å². The van der Waals surface area contributed by atoms with Crippen molar-refractivity contribution in [2.24, 2.45) is 7.05 Å². The summed E-state index contributed by atoms with van der Waals surface area (Å²) in [7, 11) is 1.65. The number of carbonyl (C=O) groups is 1. The van der Waals surface area contributed by atoms with Gasteiger partial charge in [0.25, 0.3) is 5.56 Å². The number of aromatic amines is 1. The first-order chi connectivity index (χ1) is 13.9. The quantitative estimate of drug-likeness (QED) is 0.401. The molecule has 0 bridgehead atoms. The summed E-state index contributed by atoms with van der Waals surface area (Å²) < 4.78 is 14.9. The predicted molar refractivity (Wildman–Crippen MR) is 113 cm³/mol. The minimum Gasteiger partial charge on any atom is -0.332 e. The molecule has 0 amide bonds. The zero-order chi connectivity index (χ0) is 20.5. The monoisotopic (exact) mass is 404 g/mol. The Morgan fingerprint density at radius 2 is 1.62 bits per heavy atom. The average molecular weight is 404 g/mol. The van der Waals surface area contributed by atoms with E-state index >= 15 is 0 Å². The number of rotatable bonds is 4. The Kier molecular flexibility index (Phi) is 4.94. The van der Waals surface area contributed by atoms with E-state index in [1.807, 2.05) is 30.3 Å². The lowest BCUT2D eigenvalue weighted by Crippen LogP contribution is -2.20. The highest BCUT2D eigenvalue weighted by Gasteiger charge is 2.11. The minimum atomic E-state index is -0.376. The lowest BCUT2D eigenvalue weighted by Gasteiger charge is -2.09. The molecule has 29 heavy (non-hydrogen) atoms. The minimum absolute atomic E-state index is 0.137. The lowest BCUT2D eigenvalue weighted by atomic mass is 9.98. The number of nitrogens with one attached hydrogen (secondary N) is 1. The molecule has 0 unspecified atom stereocenters. The summed E-state index contributed by atoms with van der Waals surface area (Å²) in [5, 5.41) is 0.607. The summed E-state index contributed by atoms with van der Waals surface area (Å²) in [6, 6.07) is 18.4. The molecule has 4 aromatic rings. The van der Waals surface area contributed by atoms with Gasteiger partial charge in [0.05, 0.1) is 10.9 Å². The number of H-pyrrole nitrogens is 1. The van der Waals surface area contributed by atoms with Gasteiger partial charge in [-0.05, 0) is 60.1 Å². The standard InChI is InChI=1S/C23H17FN2O2S/c1-26-22(28)20-17(3-2-4-19(20)25-23(26)29)13-14-5-7-15(8-6-14)21(27)16-9-11-18(24)12-10-16/h2-12H,13H2,1H3,(H,25,29). The van der Waals surface area contributed by atoms with Crippen LogP contribution in [0, 0.1) is 10.6 Å². The van der Waals surface area contributed by atoms with Crippen LogP contribution < -0.4 is 5.56 Å². The second kappa shape index (κ2) is 7.56. The summed E-state index contributed by atoms with van der Waals surface area (Å²) in [6.07, 6.45) is 0.544. The number of hydrogen-bond donors (Lipinski definition) is 1. The van der Waals surface area contributed by atoms with E-state index in [-0.39, 0.29) is 17.2 Å². The first-order valence-corrected chi connectivity index (χ1v) is 9.45. The third-order valence-electron chi connectivity index (χ3n) is 4.93. The van der Waals surface area contributed by atoms with Crippen molar-refractivity contribution >= 4 is 28.9 Å². The van der Waals surface area contributed by atoms with Gasteiger partial charge >= 0.3 is 0 Å². The summed E-state index contributed by atoms with van der Waals surface area (Å²) in [6.45, 7) is 0. The molecule has 1 heterocycles. The van der Waals surface area contributed by atoms with E-state index in [1.54, 1.807) is 19.2 Å². The summed E-state index contributed by atoms with van der Waals surface area (Å²) in [5.74, 6) is -0.540. The molecule has 0 radical (unpaired) electrons. The van der Waals surface area contributed by atoms with E-state index in [0.29, 0.717) is 33.2 Å². The maximum Gasteiger partial charge on any atom is 0.262 e. The molecule has 4 rings (SSSR count). The molecular formula is C23H17FN2O2S. The first kappa shape index (κ1) is 19.0. The van der Waals surface area contributed by atoms with Gasteiger partial charge in [-0.2, -0.15) is 0 Å². The van der Waals surface area contributed by atoms with Crippen molar-refractivity contribution < 1.29 is 9.18 Å². The van der Waals surface area contributed by atoms with E-state index in [4.69, 9.17) is 12.2 Å².